The van der Waals surface area contributed by atoms with Crippen molar-refractivity contribution in [2.24, 2.45) is 0 Å². The predicted octanol–water partition coefficient (Wildman–Crippen LogP) is 5.57. The molecule has 0 atom stereocenters. The molecule has 0 aromatic heterocycles. The van der Waals surface area contributed by atoms with Gasteiger partial charge in [-0.15, -0.1) is 0 Å². The number of nitro benzene ring substituents is 1. The summed E-state index contributed by atoms with van der Waals surface area (Å²) in [5, 5.41) is 10.9. The molecule has 37 heavy (non-hydrogen) atoms. The number of carbonyl (C=O) groups excluding carboxylic acids is 1. The summed E-state index contributed by atoms with van der Waals surface area (Å²) in [7, 11) is -4.22. The highest BCUT2D eigenvalue weighted by molar-refractivity contribution is 7.92. The van der Waals surface area contributed by atoms with Crippen molar-refractivity contribution in [2.75, 3.05) is 4.72 Å². The number of rotatable bonds is 7. The summed E-state index contributed by atoms with van der Waals surface area (Å²) >= 11 is 0. The normalized spacial score (nSPS) is 12.6. The minimum absolute atomic E-state index is 0.218. The average Bonchev–Trinajstić information content (AvgIpc) is 2.82. The molecule has 0 amide bonds. The maximum absolute atomic E-state index is 14.0. The number of esters is 1. The van der Waals surface area contributed by atoms with Gasteiger partial charge < -0.3 is 4.74 Å². The van der Waals surface area contributed by atoms with Gasteiger partial charge in [-0.05, 0) is 30.3 Å². The fraction of sp³-hybridized carbons (Fsp3) is 0.136. The lowest BCUT2D eigenvalue weighted by Gasteiger charge is -2.36. The van der Waals surface area contributed by atoms with E-state index in [1.807, 2.05) is 4.72 Å². The number of carbonyl (C=O) groups is 1. The van der Waals surface area contributed by atoms with Gasteiger partial charge in [0.25, 0.3) is 15.7 Å². The van der Waals surface area contributed by atoms with Gasteiger partial charge in [-0.1, -0.05) is 36.4 Å². The number of hydrogen-bond acceptors (Lipinski definition) is 6. The van der Waals surface area contributed by atoms with Crippen LogP contribution in [-0.2, 0) is 20.4 Å². The van der Waals surface area contributed by atoms with Gasteiger partial charge in [0, 0.05) is 23.4 Å². The standard InChI is InChI=1S/C22H14F6N2O6S/c23-21(24,25)20(22(26,27)28,36-19(31)14-5-4-6-17(13-14)30(32)33)15-9-11-16(12-10-15)29-37(34,35)18-7-2-1-3-8-18/h1-13,29H. The molecule has 0 saturated carbocycles. The van der Waals surface area contributed by atoms with Crippen LogP contribution < -0.4 is 4.72 Å². The fourth-order valence-electron chi connectivity index (χ4n) is 3.19. The van der Waals surface area contributed by atoms with Crippen molar-refractivity contribution in [2.45, 2.75) is 22.8 Å². The Balaban J connectivity index is 2.04. The van der Waals surface area contributed by atoms with E-state index in [9.17, 15) is 49.7 Å². The predicted molar refractivity (Wildman–Crippen MR) is 116 cm³/mol. The van der Waals surface area contributed by atoms with Crippen molar-refractivity contribution in [1.82, 2.24) is 0 Å². The Bertz CT molecular complexity index is 1390. The fourth-order valence-corrected chi connectivity index (χ4v) is 4.27. The third-order valence-corrected chi connectivity index (χ3v) is 6.33. The first kappa shape index (κ1) is 27.4. The maximum Gasteiger partial charge on any atom is 0.442 e. The van der Waals surface area contributed by atoms with Crippen LogP contribution in [0.25, 0.3) is 0 Å². The van der Waals surface area contributed by atoms with Gasteiger partial charge in [0.15, 0.2) is 0 Å². The zero-order valence-electron chi connectivity index (χ0n) is 18.1. The molecule has 0 fully saturated rings. The molecule has 0 aliphatic carbocycles. The summed E-state index contributed by atoms with van der Waals surface area (Å²) in [6.07, 6.45) is -12.5. The highest BCUT2D eigenvalue weighted by Gasteiger charge is 2.75. The summed E-state index contributed by atoms with van der Waals surface area (Å²) in [4.78, 5) is 22.0. The van der Waals surface area contributed by atoms with Crippen LogP contribution in [0.2, 0.25) is 0 Å². The van der Waals surface area contributed by atoms with Gasteiger partial charge in [-0.25, -0.2) is 13.2 Å². The van der Waals surface area contributed by atoms with E-state index >= 15 is 0 Å². The molecule has 0 aliphatic heterocycles. The number of benzene rings is 3. The molecule has 0 unspecified atom stereocenters. The second-order valence-corrected chi connectivity index (χ2v) is 9.05. The Labute approximate surface area is 204 Å². The number of sulfonamides is 1. The number of halogens is 6. The monoisotopic (exact) mass is 548 g/mol. The Hall–Kier alpha value is -4.14. The first-order valence-corrected chi connectivity index (χ1v) is 11.4. The van der Waals surface area contributed by atoms with Gasteiger partial charge >= 0.3 is 23.9 Å². The molecule has 0 aliphatic rings. The highest BCUT2D eigenvalue weighted by Crippen LogP contribution is 2.53. The number of anilines is 1. The Morgan fingerprint density at radius 2 is 1.41 bits per heavy atom. The smallest absolute Gasteiger partial charge is 0.431 e. The topological polar surface area (TPSA) is 116 Å². The molecular formula is C22H14F6N2O6S. The Morgan fingerprint density at radius 3 is 1.92 bits per heavy atom. The van der Waals surface area contributed by atoms with Crippen LogP contribution in [0, 0.1) is 10.1 Å². The van der Waals surface area contributed by atoms with Crippen LogP contribution in [0.1, 0.15) is 15.9 Å². The third-order valence-electron chi connectivity index (χ3n) is 4.93. The minimum Gasteiger partial charge on any atom is -0.431 e. The molecule has 3 rings (SSSR count). The average molecular weight is 548 g/mol. The van der Waals surface area contributed by atoms with Crippen molar-refractivity contribution in [1.29, 1.82) is 0 Å². The van der Waals surface area contributed by atoms with Gasteiger partial charge in [-0.3, -0.25) is 14.8 Å². The van der Waals surface area contributed by atoms with Crippen molar-refractivity contribution < 1.29 is 49.2 Å². The van der Waals surface area contributed by atoms with Crippen LogP contribution in [0.5, 0.6) is 0 Å². The van der Waals surface area contributed by atoms with E-state index in [2.05, 4.69) is 4.74 Å². The third kappa shape index (κ3) is 5.50. The Kier molecular flexibility index (Phi) is 7.21. The molecule has 196 valence electrons. The van der Waals surface area contributed by atoms with E-state index in [4.69, 9.17) is 0 Å². The minimum atomic E-state index is -6.24. The molecular weight excluding hydrogens is 534 g/mol. The molecule has 0 bridgehead atoms. The molecule has 3 aromatic carbocycles. The molecule has 0 saturated heterocycles. The second kappa shape index (κ2) is 9.72. The zero-order valence-corrected chi connectivity index (χ0v) is 18.9. The molecule has 1 N–H and O–H groups in total. The van der Waals surface area contributed by atoms with Gasteiger partial charge in [0.2, 0.25) is 0 Å². The lowest BCUT2D eigenvalue weighted by Crippen LogP contribution is -2.56. The van der Waals surface area contributed by atoms with Crippen molar-refractivity contribution in [3.05, 3.63) is 100 Å². The van der Waals surface area contributed by atoms with Gasteiger partial charge in [0.05, 0.1) is 15.4 Å². The number of alkyl halides is 6. The first-order valence-electron chi connectivity index (χ1n) is 9.88. The summed E-state index contributed by atoms with van der Waals surface area (Å²) in [6.45, 7) is 0. The zero-order chi connectivity index (χ0) is 27.6. The number of ether oxygens (including phenoxy) is 1. The molecule has 8 nitrogen and oxygen atoms in total. The van der Waals surface area contributed by atoms with E-state index in [-0.39, 0.29) is 10.6 Å². The largest absolute Gasteiger partial charge is 0.442 e. The molecule has 3 aromatic rings. The summed E-state index contributed by atoms with van der Waals surface area (Å²) in [5.74, 6) is -2.13. The van der Waals surface area contributed by atoms with Gasteiger partial charge in [0.1, 0.15) is 0 Å². The van der Waals surface area contributed by atoms with E-state index in [0.717, 1.165) is 18.2 Å². The van der Waals surface area contributed by atoms with E-state index in [1.165, 1.54) is 30.3 Å². The number of non-ortho nitro benzene ring substituents is 1. The van der Waals surface area contributed by atoms with Crippen LogP contribution in [0.3, 0.4) is 0 Å². The second-order valence-electron chi connectivity index (χ2n) is 7.37. The van der Waals surface area contributed by atoms with E-state index in [0.29, 0.717) is 30.3 Å². The van der Waals surface area contributed by atoms with Crippen molar-refractivity contribution in [3.63, 3.8) is 0 Å². The highest BCUT2D eigenvalue weighted by atomic mass is 32.2. The number of nitrogens with zero attached hydrogens (tertiary/aromatic N) is 1. The number of hydrogen-bond donors (Lipinski definition) is 1. The number of nitro groups is 1. The quantitative estimate of drug-likeness (QED) is 0.179. The van der Waals surface area contributed by atoms with Crippen LogP contribution in [0.4, 0.5) is 37.7 Å². The maximum atomic E-state index is 14.0. The van der Waals surface area contributed by atoms with E-state index in [1.54, 1.807) is 0 Å². The lowest BCUT2D eigenvalue weighted by atomic mass is 9.91. The van der Waals surface area contributed by atoms with E-state index < -0.39 is 55.7 Å². The molecule has 15 heteroatoms. The van der Waals surface area contributed by atoms with Crippen molar-refractivity contribution >= 4 is 27.4 Å². The lowest BCUT2D eigenvalue weighted by molar-refractivity contribution is -0.384. The van der Waals surface area contributed by atoms with Crippen LogP contribution in [0.15, 0.2) is 83.8 Å². The summed E-state index contributed by atoms with van der Waals surface area (Å²) < 4.78 is 115. The molecule has 0 spiro atoms. The van der Waals surface area contributed by atoms with Crippen LogP contribution >= 0.6 is 0 Å². The molecule has 0 radical (unpaired) electrons. The summed E-state index contributed by atoms with van der Waals surface area (Å²) in [5.41, 5.74) is -8.85. The van der Waals surface area contributed by atoms with Gasteiger partial charge in [-0.2, -0.15) is 26.3 Å². The number of nitrogens with one attached hydrogen (secondary N) is 1. The SMILES string of the molecule is O=C(OC(c1ccc(NS(=O)(=O)c2ccccc2)cc1)(C(F)(F)F)C(F)(F)F)c1cccc([N+](=O)[O-])c1. The first-order chi connectivity index (χ1) is 17.1. The summed E-state index contributed by atoms with van der Waals surface area (Å²) in [6, 6.07) is 11.5. The molecule has 0 heterocycles. The van der Waals surface area contributed by atoms with Crippen molar-refractivity contribution in [3.8, 4) is 0 Å². The Morgan fingerprint density at radius 1 is 0.838 bits per heavy atom. The van der Waals surface area contributed by atoms with Crippen LogP contribution in [-0.4, -0.2) is 31.7 Å².